The SMILES string of the molecule is COCCOc1cc(C(=O)N[C@@H]2CCCC[C@@H]2c2ccc(OC)c(OC)c2)ccc1OC. The minimum atomic E-state index is -0.123. The average molecular weight is 444 g/mol. The Balaban J connectivity index is 1.77. The number of rotatable bonds is 10. The zero-order valence-corrected chi connectivity index (χ0v) is 19.3. The molecular weight excluding hydrogens is 410 g/mol. The lowest BCUT2D eigenvalue weighted by Gasteiger charge is -2.33. The molecule has 32 heavy (non-hydrogen) atoms. The molecule has 1 N–H and O–H groups in total. The maximum absolute atomic E-state index is 13.1. The standard InChI is InChI=1S/C25H33NO6/c1-28-13-14-32-24-16-18(10-12-22(24)30-3)25(27)26-20-8-6-5-7-19(20)17-9-11-21(29-2)23(15-17)31-4/h9-12,15-16,19-20H,5-8,13-14H2,1-4H3,(H,26,27)/t19-,20-/m1/s1. The fourth-order valence-corrected chi connectivity index (χ4v) is 4.20. The number of hydrogen-bond donors (Lipinski definition) is 1. The number of amides is 1. The van der Waals surface area contributed by atoms with Crippen LogP contribution in [0.25, 0.3) is 0 Å². The minimum absolute atomic E-state index is 0.0364. The van der Waals surface area contributed by atoms with E-state index < -0.39 is 0 Å². The number of carbonyl (C=O) groups is 1. The van der Waals surface area contributed by atoms with Crippen LogP contribution in [0.1, 0.15) is 47.5 Å². The van der Waals surface area contributed by atoms with E-state index in [1.54, 1.807) is 46.6 Å². The van der Waals surface area contributed by atoms with Gasteiger partial charge in [0.15, 0.2) is 23.0 Å². The second-order valence-electron chi connectivity index (χ2n) is 7.79. The second-order valence-corrected chi connectivity index (χ2v) is 7.79. The Labute approximate surface area is 190 Å². The van der Waals surface area contributed by atoms with Gasteiger partial charge in [-0.05, 0) is 48.7 Å². The third kappa shape index (κ3) is 5.65. The highest BCUT2D eigenvalue weighted by Crippen LogP contribution is 2.38. The van der Waals surface area contributed by atoms with Crippen molar-refractivity contribution in [2.75, 3.05) is 41.7 Å². The average Bonchev–Trinajstić information content (AvgIpc) is 2.84. The highest BCUT2D eigenvalue weighted by Gasteiger charge is 2.29. The lowest BCUT2D eigenvalue weighted by molar-refractivity contribution is 0.0920. The molecule has 2 atom stereocenters. The summed E-state index contributed by atoms with van der Waals surface area (Å²) in [6.07, 6.45) is 4.15. The maximum atomic E-state index is 13.1. The monoisotopic (exact) mass is 443 g/mol. The van der Waals surface area contributed by atoms with Crippen molar-refractivity contribution in [3.05, 3.63) is 47.5 Å². The largest absolute Gasteiger partial charge is 0.493 e. The van der Waals surface area contributed by atoms with Crippen LogP contribution in [-0.4, -0.2) is 53.6 Å². The molecule has 0 spiro atoms. The first-order valence-corrected chi connectivity index (χ1v) is 10.9. The maximum Gasteiger partial charge on any atom is 0.251 e. The van der Waals surface area contributed by atoms with Crippen molar-refractivity contribution in [1.29, 1.82) is 0 Å². The molecule has 3 rings (SSSR count). The van der Waals surface area contributed by atoms with E-state index in [0.717, 1.165) is 31.2 Å². The molecule has 1 saturated carbocycles. The summed E-state index contributed by atoms with van der Waals surface area (Å²) in [5.41, 5.74) is 1.68. The Bertz CT molecular complexity index is 900. The fraction of sp³-hybridized carbons (Fsp3) is 0.480. The summed E-state index contributed by atoms with van der Waals surface area (Å²) in [6, 6.07) is 11.3. The number of methoxy groups -OCH3 is 4. The van der Waals surface area contributed by atoms with Crippen LogP contribution >= 0.6 is 0 Å². The molecule has 174 valence electrons. The van der Waals surface area contributed by atoms with Crippen molar-refractivity contribution < 1.29 is 28.5 Å². The molecule has 0 aromatic heterocycles. The topological polar surface area (TPSA) is 75.3 Å². The van der Waals surface area contributed by atoms with Gasteiger partial charge in [0.1, 0.15) is 6.61 Å². The predicted molar refractivity (Wildman–Crippen MR) is 122 cm³/mol. The van der Waals surface area contributed by atoms with Crippen molar-refractivity contribution in [2.24, 2.45) is 0 Å². The van der Waals surface area contributed by atoms with Gasteiger partial charge in [-0.3, -0.25) is 4.79 Å². The van der Waals surface area contributed by atoms with E-state index in [2.05, 4.69) is 11.4 Å². The first-order valence-electron chi connectivity index (χ1n) is 10.9. The number of ether oxygens (including phenoxy) is 5. The van der Waals surface area contributed by atoms with E-state index in [-0.39, 0.29) is 17.9 Å². The molecule has 7 nitrogen and oxygen atoms in total. The van der Waals surface area contributed by atoms with E-state index in [4.69, 9.17) is 23.7 Å². The molecule has 7 heteroatoms. The molecule has 0 aliphatic heterocycles. The Morgan fingerprint density at radius 2 is 1.53 bits per heavy atom. The van der Waals surface area contributed by atoms with Crippen molar-refractivity contribution >= 4 is 5.91 Å². The molecular formula is C25H33NO6. The lowest BCUT2D eigenvalue weighted by Crippen LogP contribution is -2.41. The number of carbonyl (C=O) groups excluding carboxylic acids is 1. The van der Waals surface area contributed by atoms with Gasteiger partial charge in [0.05, 0.1) is 27.9 Å². The van der Waals surface area contributed by atoms with E-state index in [9.17, 15) is 4.79 Å². The molecule has 2 aromatic rings. The number of benzene rings is 2. The molecule has 0 heterocycles. The van der Waals surface area contributed by atoms with E-state index in [1.165, 1.54) is 0 Å². The van der Waals surface area contributed by atoms with Crippen LogP contribution in [0, 0.1) is 0 Å². The first-order chi connectivity index (χ1) is 15.6. The molecule has 1 aliphatic carbocycles. The van der Waals surface area contributed by atoms with E-state index in [1.807, 2.05) is 12.1 Å². The van der Waals surface area contributed by atoms with Crippen molar-refractivity contribution in [1.82, 2.24) is 5.32 Å². The van der Waals surface area contributed by atoms with Gasteiger partial charge < -0.3 is 29.0 Å². The molecule has 2 aromatic carbocycles. The van der Waals surface area contributed by atoms with Crippen LogP contribution in [0.2, 0.25) is 0 Å². The molecule has 0 bridgehead atoms. The smallest absolute Gasteiger partial charge is 0.251 e. The molecule has 1 fully saturated rings. The Hall–Kier alpha value is -2.93. The fourth-order valence-electron chi connectivity index (χ4n) is 4.20. The Kier molecular flexibility index (Phi) is 8.62. The zero-order valence-electron chi connectivity index (χ0n) is 19.3. The lowest BCUT2D eigenvalue weighted by atomic mass is 9.79. The molecule has 0 radical (unpaired) electrons. The van der Waals surface area contributed by atoms with Crippen LogP contribution in [0.3, 0.4) is 0 Å². The first kappa shape index (κ1) is 23.7. The van der Waals surface area contributed by atoms with Gasteiger partial charge in [0, 0.05) is 24.6 Å². The summed E-state index contributed by atoms with van der Waals surface area (Å²) in [5.74, 6) is 2.60. The van der Waals surface area contributed by atoms with Crippen LogP contribution in [0.15, 0.2) is 36.4 Å². The van der Waals surface area contributed by atoms with Gasteiger partial charge in [-0.25, -0.2) is 0 Å². The summed E-state index contributed by atoms with van der Waals surface area (Å²) < 4.78 is 27.0. The van der Waals surface area contributed by atoms with E-state index >= 15 is 0 Å². The highest BCUT2D eigenvalue weighted by atomic mass is 16.5. The van der Waals surface area contributed by atoms with Crippen molar-refractivity contribution in [2.45, 2.75) is 37.6 Å². The number of nitrogens with one attached hydrogen (secondary N) is 1. The van der Waals surface area contributed by atoms with Gasteiger partial charge >= 0.3 is 0 Å². The highest BCUT2D eigenvalue weighted by molar-refractivity contribution is 5.95. The Morgan fingerprint density at radius 1 is 0.844 bits per heavy atom. The van der Waals surface area contributed by atoms with Crippen LogP contribution in [-0.2, 0) is 4.74 Å². The third-order valence-corrected chi connectivity index (χ3v) is 5.89. The summed E-state index contributed by atoms with van der Waals surface area (Å²) in [5, 5.41) is 3.25. The second kappa shape index (κ2) is 11.6. The van der Waals surface area contributed by atoms with Crippen molar-refractivity contribution in [3.8, 4) is 23.0 Å². The van der Waals surface area contributed by atoms with Crippen LogP contribution in [0.4, 0.5) is 0 Å². The van der Waals surface area contributed by atoms with Gasteiger partial charge in [0.25, 0.3) is 5.91 Å². The zero-order chi connectivity index (χ0) is 22.9. The van der Waals surface area contributed by atoms with E-state index in [0.29, 0.717) is 41.8 Å². The summed E-state index contributed by atoms with van der Waals surface area (Å²) in [4.78, 5) is 13.1. The summed E-state index contributed by atoms with van der Waals surface area (Å²) in [7, 11) is 6.46. The molecule has 0 unspecified atom stereocenters. The minimum Gasteiger partial charge on any atom is -0.493 e. The van der Waals surface area contributed by atoms with Gasteiger partial charge in [0.2, 0.25) is 0 Å². The van der Waals surface area contributed by atoms with Crippen molar-refractivity contribution in [3.63, 3.8) is 0 Å². The predicted octanol–water partition coefficient (Wildman–Crippen LogP) is 4.19. The van der Waals surface area contributed by atoms with Gasteiger partial charge in [-0.1, -0.05) is 18.9 Å². The number of hydrogen-bond acceptors (Lipinski definition) is 6. The Morgan fingerprint density at radius 3 is 2.25 bits per heavy atom. The third-order valence-electron chi connectivity index (χ3n) is 5.89. The molecule has 1 amide bonds. The molecule has 1 aliphatic rings. The molecule has 0 saturated heterocycles. The van der Waals surface area contributed by atoms with Gasteiger partial charge in [-0.2, -0.15) is 0 Å². The van der Waals surface area contributed by atoms with Crippen LogP contribution < -0.4 is 24.3 Å². The quantitative estimate of drug-likeness (QED) is 0.555. The van der Waals surface area contributed by atoms with Gasteiger partial charge in [-0.15, -0.1) is 0 Å². The normalized spacial score (nSPS) is 18.0. The van der Waals surface area contributed by atoms with Crippen LogP contribution in [0.5, 0.6) is 23.0 Å². The summed E-state index contributed by atoms with van der Waals surface area (Å²) in [6.45, 7) is 0.830. The summed E-state index contributed by atoms with van der Waals surface area (Å²) >= 11 is 0.